The smallest absolute Gasteiger partial charge is 0.422 e. The minimum absolute atomic E-state index is 0.146. The molecule has 1 aromatic rings. The summed E-state index contributed by atoms with van der Waals surface area (Å²) in [7, 11) is 0. The van der Waals surface area contributed by atoms with Crippen LogP contribution in [0.2, 0.25) is 0 Å². The zero-order chi connectivity index (χ0) is 12.3. The van der Waals surface area contributed by atoms with Gasteiger partial charge in [-0.2, -0.15) is 13.2 Å². The Bertz CT molecular complexity index is 403. The van der Waals surface area contributed by atoms with Gasteiger partial charge in [0.2, 0.25) is 0 Å². The lowest BCUT2D eigenvalue weighted by Crippen LogP contribution is -2.20. The number of alkyl halides is 3. The number of carbonyl (C=O) groups is 1. The van der Waals surface area contributed by atoms with Gasteiger partial charge in [-0.15, -0.1) is 0 Å². The van der Waals surface area contributed by atoms with Gasteiger partial charge >= 0.3 is 12.1 Å². The Morgan fingerprint density at radius 3 is 2.56 bits per heavy atom. The van der Waals surface area contributed by atoms with Crippen LogP contribution in [-0.2, 0) is 0 Å². The van der Waals surface area contributed by atoms with Crippen LogP contribution in [0.1, 0.15) is 10.4 Å². The first-order valence-electron chi connectivity index (χ1n) is 4.12. The molecule has 0 fully saturated rings. The van der Waals surface area contributed by atoms with Gasteiger partial charge in [-0.05, 0) is 12.1 Å². The molecule has 88 valence electrons. The molecule has 0 atom stereocenters. The molecule has 0 aliphatic rings. The summed E-state index contributed by atoms with van der Waals surface area (Å²) in [6.07, 6.45) is -4.53. The molecule has 0 unspecified atom stereocenters. The number of hydrogen-bond acceptors (Lipinski definition) is 3. The van der Waals surface area contributed by atoms with Gasteiger partial charge in [0.1, 0.15) is 11.3 Å². The highest BCUT2D eigenvalue weighted by atomic mass is 19.4. The van der Waals surface area contributed by atoms with E-state index in [2.05, 4.69) is 4.74 Å². The molecule has 4 nitrogen and oxygen atoms in total. The summed E-state index contributed by atoms with van der Waals surface area (Å²) in [6, 6.07) is 3.70. The van der Waals surface area contributed by atoms with Crippen LogP contribution in [0, 0.1) is 0 Å². The van der Waals surface area contributed by atoms with E-state index in [1.54, 1.807) is 0 Å². The third kappa shape index (κ3) is 3.04. The molecule has 0 aliphatic heterocycles. The first-order valence-corrected chi connectivity index (χ1v) is 4.12. The monoisotopic (exact) mass is 235 g/mol. The van der Waals surface area contributed by atoms with Crippen LogP contribution in [0.3, 0.4) is 0 Å². The van der Waals surface area contributed by atoms with Crippen molar-refractivity contribution in [2.45, 2.75) is 6.18 Å². The first kappa shape index (κ1) is 12.2. The molecule has 3 N–H and O–H groups in total. The van der Waals surface area contributed by atoms with E-state index in [0.717, 1.165) is 6.07 Å². The quantitative estimate of drug-likeness (QED) is 0.785. The fourth-order valence-corrected chi connectivity index (χ4v) is 1.06. The number of rotatable bonds is 3. The van der Waals surface area contributed by atoms with Crippen LogP contribution in [0.4, 0.5) is 18.9 Å². The largest absolute Gasteiger partial charge is 0.483 e. The predicted molar refractivity (Wildman–Crippen MR) is 49.4 cm³/mol. The molecule has 0 aromatic heterocycles. The third-order valence-electron chi connectivity index (χ3n) is 1.66. The number of carboxylic acids is 1. The van der Waals surface area contributed by atoms with Crippen LogP contribution in [0.15, 0.2) is 18.2 Å². The highest BCUT2D eigenvalue weighted by Crippen LogP contribution is 2.26. The number of halogens is 3. The molecule has 1 aromatic carbocycles. The van der Waals surface area contributed by atoms with Crippen molar-refractivity contribution in [3.05, 3.63) is 23.8 Å². The highest BCUT2D eigenvalue weighted by Gasteiger charge is 2.29. The Balaban J connectivity index is 2.96. The minimum Gasteiger partial charge on any atom is -0.483 e. The zero-order valence-corrected chi connectivity index (χ0v) is 7.91. The second-order valence-corrected chi connectivity index (χ2v) is 2.93. The Kier molecular flexibility index (Phi) is 3.26. The number of hydrogen-bond donors (Lipinski definition) is 2. The average molecular weight is 235 g/mol. The summed E-state index contributed by atoms with van der Waals surface area (Å²) in [6.45, 7) is -1.56. The van der Waals surface area contributed by atoms with Crippen molar-refractivity contribution < 1.29 is 27.8 Å². The summed E-state index contributed by atoms with van der Waals surface area (Å²) in [5.41, 5.74) is 4.71. The van der Waals surface area contributed by atoms with Gasteiger partial charge < -0.3 is 15.6 Å². The third-order valence-corrected chi connectivity index (χ3v) is 1.66. The molecule has 7 heteroatoms. The molecule has 0 radical (unpaired) electrons. The SMILES string of the molecule is Nc1cccc(OCC(F)(F)F)c1C(=O)O. The van der Waals surface area contributed by atoms with Crippen LogP contribution < -0.4 is 10.5 Å². The number of benzene rings is 1. The van der Waals surface area contributed by atoms with Crippen molar-refractivity contribution in [1.82, 2.24) is 0 Å². The summed E-state index contributed by atoms with van der Waals surface area (Å²) >= 11 is 0. The van der Waals surface area contributed by atoms with E-state index in [9.17, 15) is 18.0 Å². The summed E-state index contributed by atoms with van der Waals surface area (Å²) in [5, 5.41) is 8.73. The molecule has 16 heavy (non-hydrogen) atoms. The van der Waals surface area contributed by atoms with Crippen LogP contribution in [-0.4, -0.2) is 23.9 Å². The van der Waals surface area contributed by atoms with Crippen molar-refractivity contribution in [1.29, 1.82) is 0 Å². The zero-order valence-electron chi connectivity index (χ0n) is 7.91. The Morgan fingerprint density at radius 2 is 2.06 bits per heavy atom. The number of anilines is 1. The van der Waals surface area contributed by atoms with Crippen molar-refractivity contribution in [2.24, 2.45) is 0 Å². The number of nitrogen functional groups attached to an aromatic ring is 1. The molecule has 0 saturated carbocycles. The molecule has 0 spiro atoms. The number of aromatic carboxylic acids is 1. The summed E-state index contributed by atoms with van der Waals surface area (Å²) in [4.78, 5) is 10.7. The maximum absolute atomic E-state index is 11.9. The molecule has 0 aliphatic carbocycles. The van der Waals surface area contributed by atoms with Crippen LogP contribution in [0.25, 0.3) is 0 Å². The van der Waals surface area contributed by atoms with E-state index in [1.807, 2.05) is 0 Å². The molecule has 0 amide bonds. The lowest BCUT2D eigenvalue weighted by Gasteiger charge is -2.12. The predicted octanol–water partition coefficient (Wildman–Crippen LogP) is 1.91. The molecular formula is C9H8F3NO3. The molecular weight excluding hydrogens is 227 g/mol. The normalized spacial score (nSPS) is 11.2. The van der Waals surface area contributed by atoms with Crippen LogP contribution in [0.5, 0.6) is 5.75 Å². The van der Waals surface area contributed by atoms with Gasteiger partial charge in [0, 0.05) is 5.69 Å². The highest BCUT2D eigenvalue weighted by molar-refractivity contribution is 5.96. The maximum atomic E-state index is 11.9. The molecule has 1 rings (SSSR count). The van der Waals surface area contributed by atoms with Crippen molar-refractivity contribution >= 4 is 11.7 Å². The van der Waals surface area contributed by atoms with Gasteiger partial charge in [-0.3, -0.25) is 0 Å². The van der Waals surface area contributed by atoms with Crippen LogP contribution >= 0.6 is 0 Å². The second kappa shape index (κ2) is 4.30. The van der Waals surface area contributed by atoms with Gasteiger partial charge in [0.05, 0.1) is 0 Å². The van der Waals surface area contributed by atoms with E-state index < -0.39 is 30.1 Å². The first-order chi connectivity index (χ1) is 7.31. The fourth-order valence-electron chi connectivity index (χ4n) is 1.06. The summed E-state index contributed by atoms with van der Waals surface area (Å²) < 4.78 is 40.0. The van der Waals surface area contributed by atoms with Gasteiger partial charge in [-0.25, -0.2) is 4.79 Å². The Labute approximate surface area is 88.4 Å². The lowest BCUT2D eigenvalue weighted by atomic mass is 10.1. The van der Waals surface area contributed by atoms with Crippen molar-refractivity contribution in [3.63, 3.8) is 0 Å². The Hall–Kier alpha value is -1.92. The van der Waals surface area contributed by atoms with E-state index >= 15 is 0 Å². The topological polar surface area (TPSA) is 72.5 Å². The fraction of sp³-hybridized carbons (Fsp3) is 0.222. The minimum atomic E-state index is -4.53. The van der Waals surface area contributed by atoms with Crippen molar-refractivity contribution in [3.8, 4) is 5.75 Å². The van der Waals surface area contributed by atoms with E-state index in [1.165, 1.54) is 12.1 Å². The molecule has 0 heterocycles. The van der Waals surface area contributed by atoms with Gasteiger partial charge in [-0.1, -0.05) is 6.07 Å². The standard InChI is InChI=1S/C9H8F3NO3/c10-9(11,12)4-16-6-3-1-2-5(13)7(6)8(14)15/h1-3H,4,13H2,(H,14,15). The van der Waals surface area contributed by atoms with Crippen molar-refractivity contribution in [2.75, 3.05) is 12.3 Å². The molecule has 0 saturated heterocycles. The number of nitrogens with two attached hydrogens (primary N) is 1. The van der Waals surface area contributed by atoms with Gasteiger partial charge in [0.25, 0.3) is 0 Å². The van der Waals surface area contributed by atoms with E-state index in [4.69, 9.17) is 10.8 Å². The maximum Gasteiger partial charge on any atom is 0.422 e. The second-order valence-electron chi connectivity index (χ2n) is 2.93. The van der Waals surface area contributed by atoms with E-state index in [0.29, 0.717) is 0 Å². The summed E-state index contributed by atoms with van der Waals surface area (Å²) in [5.74, 6) is -1.83. The Morgan fingerprint density at radius 1 is 1.44 bits per heavy atom. The molecule has 0 bridgehead atoms. The average Bonchev–Trinajstić information content (AvgIpc) is 2.12. The number of ether oxygens (including phenoxy) is 1. The van der Waals surface area contributed by atoms with Gasteiger partial charge in [0.15, 0.2) is 6.61 Å². The lowest BCUT2D eigenvalue weighted by molar-refractivity contribution is -0.153. The van der Waals surface area contributed by atoms with E-state index in [-0.39, 0.29) is 5.69 Å². The number of carboxylic acid groups (broad SMARTS) is 1.